The fraction of sp³-hybridized carbons (Fsp3) is 0.636. The normalized spacial score (nSPS) is 16.6. The molecule has 0 amide bonds. The maximum atomic E-state index is 10.9. The first-order valence-corrected chi connectivity index (χ1v) is 5.67. The van der Waals surface area contributed by atoms with Crippen molar-refractivity contribution in [2.75, 3.05) is 11.4 Å². The number of hydrogen-bond donors (Lipinski definition) is 2. The third-order valence-electron chi connectivity index (χ3n) is 3.18. The number of aromatic amines is 1. The van der Waals surface area contributed by atoms with Crippen molar-refractivity contribution >= 4 is 11.7 Å². The number of carboxylic acid groups (broad SMARTS) is 1. The van der Waals surface area contributed by atoms with E-state index < -0.39 is 5.97 Å². The van der Waals surface area contributed by atoms with Gasteiger partial charge in [-0.15, -0.1) is 0 Å². The molecule has 88 valence electrons. The molecule has 0 radical (unpaired) electrons. The van der Waals surface area contributed by atoms with E-state index in [1.165, 1.54) is 12.8 Å². The number of carboxylic acids is 1. The van der Waals surface area contributed by atoms with E-state index in [1.54, 1.807) is 6.20 Å². The van der Waals surface area contributed by atoms with E-state index >= 15 is 0 Å². The number of carbonyl (C=O) groups is 1. The van der Waals surface area contributed by atoms with Gasteiger partial charge in [0.25, 0.3) is 0 Å². The first kappa shape index (κ1) is 11.0. The number of rotatable bonds is 4. The van der Waals surface area contributed by atoms with Crippen molar-refractivity contribution in [3.05, 3.63) is 11.9 Å². The molecule has 1 fully saturated rings. The van der Waals surface area contributed by atoms with Crippen LogP contribution in [0.5, 0.6) is 0 Å². The van der Waals surface area contributed by atoms with E-state index in [4.69, 9.17) is 5.11 Å². The molecule has 1 aromatic rings. The second-order valence-electron chi connectivity index (χ2n) is 4.34. The number of anilines is 1. The zero-order valence-electron chi connectivity index (χ0n) is 9.44. The van der Waals surface area contributed by atoms with Gasteiger partial charge in [0.1, 0.15) is 6.54 Å². The molecule has 0 aromatic carbocycles. The van der Waals surface area contributed by atoms with Crippen LogP contribution in [0.1, 0.15) is 31.4 Å². The van der Waals surface area contributed by atoms with E-state index in [0.717, 1.165) is 24.2 Å². The smallest absolute Gasteiger partial charge is 0.323 e. The number of aromatic nitrogens is 2. The average molecular weight is 223 g/mol. The van der Waals surface area contributed by atoms with Gasteiger partial charge in [0.05, 0.1) is 17.6 Å². The molecular weight excluding hydrogens is 206 g/mol. The molecule has 5 heteroatoms. The Labute approximate surface area is 94.5 Å². The number of H-pyrrole nitrogens is 1. The Morgan fingerprint density at radius 1 is 1.62 bits per heavy atom. The summed E-state index contributed by atoms with van der Waals surface area (Å²) < 4.78 is 0. The van der Waals surface area contributed by atoms with Crippen molar-refractivity contribution < 1.29 is 9.90 Å². The van der Waals surface area contributed by atoms with Gasteiger partial charge in [0.15, 0.2) is 0 Å². The van der Waals surface area contributed by atoms with Crippen LogP contribution in [0.3, 0.4) is 0 Å². The Morgan fingerprint density at radius 3 is 2.81 bits per heavy atom. The molecule has 1 saturated carbocycles. The summed E-state index contributed by atoms with van der Waals surface area (Å²) in [6, 6.07) is 0.354. The molecule has 1 aliphatic rings. The maximum absolute atomic E-state index is 10.9. The molecular formula is C11H17N3O2. The van der Waals surface area contributed by atoms with Crippen molar-refractivity contribution in [3.8, 4) is 0 Å². The molecule has 5 nitrogen and oxygen atoms in total. The minimum Gasteiger partial charge on any atom is -0.480 e. The van der Waals surface area contributed by atoms with Crippen LogP contribution in [-0.4, -0.2) is 33.9 Å². The lowest BCUT2D eigenvalue weighted by molar-refractivity contribution is -0.135. The minimum absolute atomic E-state index is 0.0606. The molecule has 0 atom stereocenters. The highest BCUT2D eigenvalue weighted by Gasteiger charge is 2.26. The van der Waals surface area contributed by atoms with Gasteiger partial charge < -0.3 is 10.0 Å². The summed E-state index contributed by atoms with van der Waals surface area (Å²) in [5.41, 5.74) is 1.86. The summed E-state index contributed by atoms with van der Waals surface area (Å²) in [6.07, 6.45) is 6.27. The van der Waals surface area contributed by atoms with Crippen molar-refractivity contribution in [2.24, 2.45) is 0 Å². The summed E-state index contributed by atoms with van der Waals surface area (Å²) in [4.78, 5) is 12.9. The van der Waals surface area contributed by atoms with E-state index in [1.807, 2.05) is 11.8 Å². The van der Waals surface area contributed by atoms with Crippen LogP contribution >= 0.6 is 0 Å². The summed E-state index contributed by atoms with van der Waals surface area (Å²) in [5.74, 6) is -0.785. The molecule has 1 aromatic heterocycles. The topological polar surface area (TPSA) is 69.2 Å². The zero-order valence-corrected chi connectivity index (χ0v) is 9.44. The highest BCUT2D eigenvalue weighted by Crippen LogP contribution is 2.29. The Kier molecular flexibility index (Phi) is 3.12. The predicted octanol–water partition coefficient (Wildman–Crippen LogP) is 1.55. The number of aryl methyl sites for hydroxylation is 1. The number of nitrogens with zero attached hydrogens (tertiary/aromatic N) is 2. The van der Waals surface area contributed by atoms with Gasteiger partial charge in [-0.1, -0.05) is 12.8 Å². The highest BCUT2D eigenvalue weighted by molar-refractivity contribution is 5.74. The molecule has 2 rings (SSSR count). The second kappa shape index (κ2) is 4.55. The Morgan fingerprint density at radius 2 is 2.31 bits per heavy atom. The van der Waals surface area contributed by atoms with Gasteiger partial charge in [-0.3, -0.25) is 9.89 Å². The van der Waals surface area contributed by atoms with Crippen LogP contribution in [0, 0.1) is 6.92 Å². The number of hydrogen-bond acceptors (Lipinski definition) is 3. The summed E-state index contributed by atoms with van der Waals surface area (Å²) in [5, 5.41) is 15.8. The van der Waals surface area contributed by atoms with E-state index in [2.05, 4.69) is 10.2 Å². The van der Waals surface area contributed by atoms with Crippen LogP contribution in [0.2, 0.25) is 0 Å². The monoisotopic (exact) mass is 223 g/mol. The fourth-order valence-corrected chi connectivity index (χ4v) is 2.41. The van der Waals surface area contributed by atoms with Crippen LogP contribution < -0.4 is 4.90 Å². The lowest BCUT2D eigenvalue weighted by Crippen LogP contribution is -2.37. The van der Waals surface area contributed by atoms with Gasteiger partial charge in [0, 0.05) is 6.04 Å². The molecule has 2 N–H and O–H groups in total. The van der Waals surface area contributed by atoms with E-state index in [-0.39, 0.29) is 6.54 Å². The van der Waals surface area contributed by atoms with Gasteiger partial charge >= 0.3 is 5.97 Å². The molecule has 0 spiro atoms. The number of aliphatic carboxylic acids is 1. The van der Waals surface area contributed by atoms with E-state index in [0.29, 0.717) is 6.04 Å². The predicted molar refractivity (Wildman–Crippen MR) is 60.6 cm³/mol. The summed E-state index contributed by atoms with van der Waals surface area (Å²) in [7, 11) is 0. The summed E-state index contributed by atoms with van der Waals surface area (Å²) >= 11 is 0. The maximum Gasteiger partial charge on any atom is 0.323 e. The SMILES string of the molecule is Cc1[nH]ncc1N(CC(=O)O)C1CCCC1. The first-order valence-electron chi connectivity index (χ1n) is 5.67. The fourth-order valence-electron chi connectivity index (χ4n) is 2.41. The van der Waals surface area contributed by atoms with Crippen molar-refractivity contribution in [2.45, 2.75) is 38.6 Å². The largest absolute Gasteiger partial charge is 0.480 e. The van der Waals surface area contributed by atoms with Crippen LogP contribution in [-0.2, 0) is 4.79 Å². The third-order valence-corrected chi connectivity index (χ3v) is 3.18. The molecule has 0 bridgehead atoms. The molecule has 1 aliphatic carbocycles. The van der Waals surface area contributed by atoms with Crippen molar-refractivity contribution in [1.82, 2.24) is 10.2 Å². The first-order chi connectivity index (χ1) is 7.68. The third kappa shape index (κ3) is 2.18. The minimum atomic E-state index is -0.785. The molecule has 0 unspecified atom stereocenters. The van der Waals surface area contributed by atoms with Gasteiger partial charge in [0.2, 0.25) is 0 Å². The number of nitrogens with one attached hydrogen (secondary N) is 1. The molecule has 0 aliphatic heterocycles. The van der Waals surface area contributed by atoms with Crippen LogP contribution in [0.25, 0.3) is 0 Å². The van der Waals surface area contributed by atoms with Gasteiger partial charge in [-0.2, -0.15) is 5.10 Å². The Balaban J connectivity index is 2.20. The van der Waals surface area contributed by atoms with Crippen LogP contribution in [0.4, 0.5) is 5.69 Å². The van der Waals surface area contributed by atoms with Gasteiger partial charge in [-0.05, 0) is 19.8 Å². The quantitative estimate of drug-likeness (QED) is 0.812. The van der Waals surface area contributed by atoms with Crippen LogP contribution in [0.15, 0.2) is 6.20 Å². The second-order valence-corrected chi connectivity index (χ2v) is 4.34. The highest BCUT2D eigenvalue weighted by atomic mass is 16.4. The van der Waals surface area contributed by atoms with Crippen molar-refractivity contribution in [1.29, 1.82) is 0 Å². The summed E-state index contributed by atoms with van der Waals surface area (Å²) in [6.45, 7) is 1.98. The zero-order chi connectivity index (χ0) is 11.5. The lowest BCUT2D eigenvalue weighted by atomic mass is 10.2. The Bertz CT molecular complexity index is 369. The Hall–Kier alpha value is -1.52. The molecule has 1 heterocycles. The van der Waals surface area contributed by atoms with Gasteiger partial charge in [-0.25, -0.2) is 0 Å². The van der Waals surface area contributed by atoms with Crippen molar-refractivity contribution in [3.63, 3.8) is 0 Å². The standard InChI is InChI=1S/C11H17N3O2/c1-8-10(6-12-13-8)14(7-11(15)16)9-4-2-3-5-9/h6,9H,2-5,7H2,1H3,(H,12,13)(H,15,16). The molecule has 0 saturated heterocycles. The molecule has 16 heavy (non-hydrogen) atoms. The van der Waals surface area contributed by atoms with E-state index in [9.17, 15) is 4.79 Å². The lowest BCUT2D eigenvalue weighted by Gasteiger charge is -2.28. The average Bonchev–Trinajstić information content (AvgIpc) is 2.84.